The fourth-order valence-electron chi connectivity index (χ4n) is 3.24. The van der Waals surface area contributed by atoms with Crippen molar-refractivity contribution in [2.75, 3.05) is 27.3 Å². The lowest BCUT2D eigenvalue weighted by atomic mass is 10.3. The first-order valence-corrected chi connectivity index (χ1v) is 12.1. The zero-order chi connectivity index (χ0) is 24.0. The maximum absolute atomic E-state index is 12.4. The number of aromatic nitrogens is 2. The standard InChI is InChI=1S/C23H29N3O6S/c1-5-13-26-21-12-11-19(33(28,29)25(3)4)14-20(21)24-22(26)15-32-23(27)16-31-18-9-7-17(8-10-18)30-6-2/h7-12,14H,5-6,13,15-16H2,1-4H3. The minimum Gasteiger partial charge on any atom is -0.494 e. The van der Waals surface area contributed by atoms with Crippen molar-refractivity contribution in [3.05, 3.63) is 48.3 Å². The highest BCUT2D eigenvalue weighted by Crippen LogP contribution is 2.23. The summed E-state index contributed by atoms with van der Waals surface area (Å²) < 4.78 is 44.2. The number of hydrogen-bond donors (Lipinski definition) is 0. The number of rotatable bonds is 11. The minimum absolute atomic E-state index is 0.0457. The van der Waals surface area contributed by atoms with Gasteiger partial charge in [0.1, 0.15) is 23.9 Å². The van der Waals surface area contributed by atoms with Crippen LogP contribution in [0.1, 0.15) is 26.1 Å². The molecule has 0 spiro atoms. The molecule has 0 amide bonds. The van der Waals surface area contributed by atoms with Crippen molar-refractivity contribution >= 4 is 27.0 Å². The SMILES string of the molecule is CCCn1c(COC(=O)COc2ccc(OCC)cc2)nc2cc(S(=O)(=O)N(C)C)ccc21. The van der Waals surface area contributed by atoms with Gasteiger partial charge in [0.15, 0.2) is 6.61 Å². The predicted octanol–water partition coefficient (Wildman–Crippen LogP) is 3.22. The lowest BCUT2D eigenvalue weighted by Crippen LogP contribution is -2.22. The number of benzene rings is 2. The molecule has 1 heterocycles. The molecule has 0 saturated heterocycles. The first-order chi connectivity index (χ1) is 15.8. The molecule has 0 saturated carbocycles. The van der Waals surface area contributed by atoms with Crippen LogP contribution in [0.2, 0.25) is 0 Å². The van der Waals surface area contributed by atoms with Gasteiger partial charge in [-0.1, -0.05) is 6.92 Å². The first kappa shape index (κ1) is 24.5. The molecule has 0 unspecified atom stereocenters. The van der Waals surface area contributed by atoms with Gasteiger partial charge in [-0.2, -0.15) is 0 Å². The van der Waals surface area contributed by atoms with Crippen molar-refractivity contribution in [1.82, 2.24) is 13.9 Å². The number of imidazole rings is 1. The number of aryl methyl sites for hydroxylation is 1. The van der Waals surface area contributed by atoms with E-state index in [4.69, 9.17) is 14.2 Å². The van der Waals surface area contributed by atoms with E-state index in [2.05, 4.69) is 4.98 Å². The normalized spacial score (nSPS) is 11.7. The Labute approximate surface area is 193 Å². The molecular formula is C23H29N3O6S. The van der Waals surface area contributed by atoms with Crippen LogP contribution >= 0.6 is 0 Å². The Morgan fingerprint density at radius 3 is 2.30 bits per heavy atom. The highest BCUT2D eigenvalue weighted by atomic mass is 32.2. The molecule has 1 aromatic heterocycles. The summed E-state index contributed by atoms with van der Waals surface area (Å²) in [4.78, 5) is 16.9. The fraction of sp³-hybridized carbons (Fsp3) is 0.391. The number of sulfonamides is 1. The van der Waals surface area contributed by atoms with Crippen LogP contribution in [0.3, 0.4) is 0 Å². The minimum atomic E-state index is -3.58. The number of ether oxygens (including phenoxy) is 3. The van der Waals surface area contributed by atoms with E-state index < -0.39 is 16.0 Å². The second-order valence-corrected chi connectivity index (χ2v) is 9.62. The van der Waals surface area contributed by atoms with Gasteiger partial charge in [-0.05, 0) is 55.8 Å². The lowest BCUT2D eigenvalue weighted by molar-refractivity contribution is -0.147. The Bertz CT molecular complexity index is 1200. The second kappa shape index (κ2) is 10.7. The van der Waals surface area contributed by atoms with Crippen LogP contribution < -0.4 is 9.47 Å². The van der Waals surface area contributed by atoms with Crippen molar-refractivity contribution in [1.29, 1.82) is 0 Å². The van der Waals surface area contributed by atoms with E-state index in [9.17, 15) is 13.2 Å². The largest absolute Gasteiger partial charge is 0.494 e. The molecule has 2 aromatic carbocycles. The van der Waals surface area contributed by atoms with Crippen LogP contribution in [0.5, 0.6) is 11.5 Å². The molecular weight excluding hydrogens is 446 g/mol. The maximum atomic E-state index is 12.4. The Morgan fingerprint density at radius 2 is 1.70 bits per heavy atom. The smallest absolute Gasteiger partial charge is 0.344 e. The molecule has 0 atom stereocenters. The average molecular weight is 476 g/mol. The summed E-state index contributed by atoms with van der Waals surface area (Å²) in [7, 11) is -0.612. The molecule has 3 aromatic rings. The molecule has 3 rings (SSSR count). The zero-order valence-electron chi connectivity index (χ0n) is 19.3. The quantitative estimate of drug-likeness (QED) is 0.393. The van der Waals surface area contributed by atoms with E-state index in [1.807, 2.05) is 18.4 Å². The van der Waals surface area contributed by atoms with Crippen molar-refractivity contribution in [2.24, 2.45) is 0 Å². The van der Waals surface area contributed by atoms with Gasteiger partial charge in [-0.25, -0.2) is 22.5 Å². The number of carbonyl (C=O) groups excluding carboxylic acids is 1. The highest BCUT2D eigenvalue weighted by molar-refractivity contribution is 7.89. The number of nitrogens with zero attached hydrogens (tertiary/aromatic N) is 3. The maximum Gasteiger partial charge on any atom is 0.344 e. The van der Waals surface area contributed by atoms with Crippen LogP contribution in [0, 0.1) is 0 Å². The molecule has 0 fully saturated rings. The highest BCUT2D eigenvalue weighted by Gasteiger charge is 2.20. The molecule has 0 aliphatic heterocycles. The molecule has 0 radical (unpaired) electrons. The monoisotopic (exact) mass is 475 g/mol. The Morgan fingerprint density at radius 1 is 1.03 bits per heavy atom. The number of fused-ring (bicyclic) bond motifs is 1. The van der Waals surface area contributed by atoms with Crippen molar-refractivity contribution in [2.45, 2.75) is 38.3 Å². The van der Waals surface area contributed by atoms with E-state index in [1.54, 1.807) is 36.4 Å². The van der Waals surface area contributed by atoms with Crippen molar-refractivity contribution < 1.29 is 27.4 Å². The van der Waals surface area contributed by atoms with E-state index in [1.165, 1.54) is 20.2 Å². The summed E-state index contributed by atoms with van der Waals surface area (Å²) in [6.45, 7) is 4.87. The summed E-state index contributed by atoms with van der Waals surface area (Å²) >= 11 is 0. The third-order valence-corrected chi connectivity index (χ3v) is 6.69. The molecule has 9 nitrogen and oxygen atoms in total. The van der Waals surface area contributed by atoms with Crippen LogP contribution in [-0.4, -0.2) is 55.6 Å². The van der Waals surface area contributed by atoms with Gasteiger partial charge in [0.25, 0.3) is 0 Å². The van der Waals surface area contributed by atoms with Crippen molar-refractivity contribution in [3.63, 3.8) is 0 Å². The molecule has 0 aliphatic rings. The number of hydrogen-bond acceptors (Lipinski definition) is 7. The molecule has 10 heteroatoms. The molecule has 178 valence electrons. The predicted molar refractivity (Wildman–Crippen MR) is 124 cm³/mol. The van der Waals surface area contributed by atoms with Gasteiger partial charge in [0, 0.05) is 20.6 Å². The zero-order valence-corrected chi connectivity index (χ0v) is 20.1. The van der Waals surface area contributed by atoms with Gasteiger partial charge in [-0.3, -0.25) is 0 Å². The summed E-state index contributed by atoms with van der Waals surface area (Å²) in [6, 6.07) is 11.8. The third kappa shape index (κ3) is 5.82. The van der Waals surface area contributed by atoms with Crippen LogP contribution in [0.4, 0.5) is 0 Å². The van der Waals surface area contributed by atoms with E-state index in [0.717, 1.165) is 22.0 Å². The van der Waals surface area contributed by atoms with Crippen LogP contribution in [-0.2, 0) is 32.7 Å². The van der Waals surface area contributed by atoms with Crippen LogP contribution in [0.25, 0.3) is 11.0 Å². The van der Waals surface area contributed by atoms with Gasteiger partial charge < -0.3 is 18.8 Å². The fourth-order valence-corrected chi connectivity index (χ4v) is 4.16. The number of esters is 1. The lowest BCUT2D eigenvalue weighted by Gasteiger charge is -2.11. The first-order valence-electron chi connectivity index (χ1n) is 10.7. The Balaban J connectivity index is 1.69. The molecule has 0 N–H and O–H groups in total. The van der Waals surface area contributed by atoms with Gasteiger partial charge >= 0.3 is 5.97 Å². The molecule has 0 bridgehead atoms. The van der Waals surface area contributed by atoms with Gasteiger partial charge in [0.2, 0.25) is 10.0 Å². The van der Waals surface area contributed by atoms with E-state index in [0.29, 0.717) is 30.2 Å². The molecule has 0 aliphatic carbocycles. The van der Waals surface area contributed by atoms with E-state index in [-0.39, 0.29) is 18.1 Å². The van der Waals surface area contributed by atoms with Crippen molar-refractivity contribution in [3.8, 4) is 11.5 Å². The molecule has 33 heavy (non-hydrogen) atoms. The topological polar surface area (TPSA) is 100.0 Å². The summed E-state index contributed by atoms with van der Waals surface area (Å²) in [5, 5.41) is 0. The third-order valence-electron chi connectivity index (χ3n) is 4.88. The summed E-state index contributed by atoms with van der Waals surface area (Å²) in [5.74, 6) is 1.27. The summed E-state index contributed by atoms with van der Waals surface area (Å²) in [5.41, 5.74) is 1.31. The average Bonchev–Trinajstić information content (AvgIpc) is 3.14. The van der Waals surface area contributed by atoms with Crippen LogP contribution in [0.15, 0.2) is 47.4 Å². The van der Waals surface area contributed by atoms with Gasteiger partial charge in [0.05, 0.1) is 22.5 Å². The summed E-state index contributed by atoms with van der Waals surface area (Å²) in [6.07, 6.45) is 0.838. The second-order valence-electron chi connectivity index (χ2n) is 7.47. The van der Waals surface area contributed by atoms with E-state index >= 15 is 0 Å². The Hall–Kier alpha value is -3.11. The number of carbonyl (C=O) groups is 1. The van der Waals surface area contributed by atoms with Gasteiger partial charge in [-0.15, -0.1) is 0 Å². The Kier molecular flexibility index (Phi) is 7.93.